The maximum Gasteiger partial charge on any atom is 0.195 e. The molecule has 4 aromatic carbocycles. The van der Waals surface area contributed by atoms with E-state index in [-0.39, 0.29) is 5.78 Å². The molecule has 0 saturated carbocycles. The standard InChI is InChI=1S/C26H19NO/c28-26-23-16-8-7-10-19(23)18-20-11-9-17-24(25(20)26)27(21-12-3-1-4-13-21)22-14-5-2-6-15-22/h1-17H,18H2. The Bertz CT molecular complexity index is 1110. The van der Waals surface area contributed by atoms with E-state index in [9.17, 15) is 4.79 Å². The summed E-state index contributed by atoms with van der Waals surface area (Å²) in [7, 11) is 0. The van der Waals surface area contributed by atoms with Gasteiger partial charge in [0.25, 0.3) is 0 Å². The second-order valence-electron chi connectivity index (χ2n) is 6.98. The molecule has 0 saturated heterocycles. The van der Waals surface area contributed by atoms with Crippen molar-refractivity contribution >= 4 is 22.8 Å². The second-order valence-corrected chi connectivity index (χ2v) is 6.98. The highest BCUT2D eigenvalue weighted by Crippen LogP contribution is 2.40. The third kappa shape index (κ3) is 2.71. The van der Waals surface area contributed by atoms with Crippen LogP contribution in [-0.4, -0.2) is 5.78 Å². The Morgan fingerprint density at radius 2 is 1.14 bits per heavy atom. The summed E-state index contributed by atoms with van der Waals surface area (Å²) < 4.78 is 0. The minimum absolute atomic E-state index is 0.101. The van der Waals surface area contributed by atoms with Crippen LogP contribution in [0.3, 0.4) is 0 Å². The van der Waals surface area contributed by atoms with Crippen molar-refractivity contribution in [2.24, 2.45) is 0 Å². The van der Waals surface area contributed by atoms with Gasteiger partial charge in [-0.2, -0.15) is 0 Å². The van der Waals surface area contributed by atoms with Crippen molar-refractivity contribution in [3.05, 3.63) is 125 Å². The van der Waals surface area contributed by atoms with E-state index in [1.54, 1.807) is 0 Å². The first kappa shape index (κ1) is 16.5. The number of carbonyl (C=O) groups is 1. The number of benzene rings is 4. The van der Waals surface area contributed by atoms with Crippen LogP contribution in [0.2, 0.25) is 0 Å². The van der Waals surface area contributed by atoms with Crippen LogP contribution in [0.1, 0.15) is 27.0 Å². The van der Waals surface area contributed by atoms with Gasteiger partial charge in [-0.25, -0.2) is 0 Å². The first-order chi connectivity index (χ1) is 13.8. The molecule has 0 heterocycles. The molecule has 134 valence electrons. The zero-order valence-corrected chi connectivity index (χ0v) is 15.4. The van der Waals surface area contributed by atoms with Gasteiger partial charge in [-0.05, 0) is 47.9 Å². The van der Waals surface area contributed by atoms with Gasteiger partial charge in [0.15, 0.2) is 5.78 Å². The molecular weight excluding hydrogens is 342 g/mol. The van der Waals surface area contributed by atoms with Gasteiger partial charge in [-0.3, -0.25) is 4.79 Å². The van der Waals surface area contributed by atoms with E-state index in [2.05, 4.69) is 41.3 Å². The zero-order valence-electron chi connectivity index (χ0n) is 15.4. The molecule has 0 radical (unpaired) electrons. The number of hydrogen-bond acceptors (Lipinski definition) is 2. The lowest BCUT2D eigenvalue weighted by molar-refractivity contribution is 0.103. The summed E-state index contributed by atoms with van der Waals surface area (Å²) in [5.74, 6) is 0.101. The van der Waals surface area contributed by atoms with Crippen LogP contribution in [0.15, 0.2) is 103 Å². The molecule has 28 heavy (non-hydrogen) atoms. The van der Waals surface area contributed by atoms with Crippen molar-refractivity contribution in [2.75, 3.05) is 4.90 Å². The average molecular weight is 361 g/mol. The lowest BCUT2D eigenvalue weighted by Crippen LogP contribution is -2.20. The number of nitrogens with zero attached hydrogens (tertiary/aromatic N) is 1. The molecular formula is C26H19NO. The molecule has 2 nitrogen and oxygen atoms in total. The van der Waals surface area contributed by atoms with Crippen molar-refractivity contribution in [3.8, 4) is 0 Å². The monoisotopic (exact) mass is 361 g/mol. The Morgan fingerprint density at radius 1 is 0.571 bits per heavy atom. The SMILES string of the molecule is O=C1c2ccccc2Cc2cccc(N(c3ccccc3)c3ccccc3)c21. The number of fused-ring (bicyclic) bond motifs is 2. The van der Waals surface area contributed by atoms with E-state index in [1.165, 1.54) is 0 Å². The van der Waals surface area contributed by atoms with Crippen LogP contribution in [0.4, 0.5) is 17.1 Å². The molecule has 5 rings (SSSR count). The maximum atomic E-state index is 13.5. The summed E-state index contributed by atoms with van der Waals surface area (Å²) in [6, 6.07) is 34.5. The molecule has 0 N–H and O–H groups in total. The van der Waals surface area contributed by atoms with E-state index < -0.39 is 0 Å². The summed E-state index contributed by atoms with van der Waals surface area (Å²) in [6.45, 7) is 0. The number of carbonyl (C=O) groups excluding carboxylic acids is 1. The molecule has 4 aromatic rings. The Labute approximate surface area is 164 Å². The van der Waals surface area contributed by atoms with Gasteiger partial charge in [0, 0.05) is 16.9 Å². The van der Waals surface area contributed by atoms with Gasteiger partial charge in [0.2, 0.25) is 0 Å². The van der Waals surface area contributed by atoms with Gasteiger partial charge >= 0.3 is 0 Å². The Morgan fingerprint density at radius 3 is 1.82 bits per heavy atom. The van der Waals surface area contributed by atoms with Crippen molar-refractivity contribution in [3.63, 3.8) is 0 Å². The van der Waals surface area contributed by atoms with Crippen molar-refractivity contribution < 1.29 is 4.79 Å². The van der Waals surface area contributed by atoms with Crippen LogP contribution >= 0.6 is 0 Å². The summed E-state index contributed by atoms with van der Waals surface area (Å²) in [5, 5.41) is 0. The van der Waals surface area contributed by atoms with Crippen LogP contribution in [0.25, 0.3) is 0 Å². The quantitative estimate of drug-likeness (QED) is 0.376. The number of rotatable bonds is 3. The van der Waals surface area contributed by atoms with Gasteiger partial charge in [0.05, 0.1) is 11.3 Å². The molecule has 1 aliphatic rings. The van der Waals surface area contributed by atoms with Gasteiger partial charge in [0.1, 0.15) is 0 Å². The molecule has 0 bridgehead atoms. The van der Waals surface area contributed by atoms with E-state index in [4.69, 9.17) is 0 Å². The molecule has 0 amide bonds. The Balaban J connectivity index is 1.74. The summed E-state index contributed by atoms with van der Waals surface area (Å²) in [5.41, 5.74) is 6.79. The Kier molecular flexibility index (Phi) is 4.02. The Hall–Kier alpha value is -3.65. The second kappa shape index (κ2) is 6.82. The highest BCUT2D eigenvalue weighted by atomic mass is 16.1. The van der Waals surface area contributed by atoms with Gasteiger partial charge in [-0.1, -0.05) is 72.8 Å². The summed E-state index contributed by atoms with van der Waals surface area (Å²) in [4.78, 5) is 15.6. The van der Waals surface area contributed by atoms with Gasteiger partial charge in [-0.15, -0.1) is 0 Å². The molecule has 0 atom stereocenters. The number of ketones is 1. The third-order valence-corrected chi connectivity index (χ3v) is 5.27. The number of anilines is 3. The van der Waals surface area contributed by atoms with E-state index in [0.717, 1.165) is 45.7 Å². The topological polar surface area (TPSA) is 20.3 Å². The zero-order chi connectivity index (χ0) is 18.9. The first-order valence-corrected chi connectivity index (χ1v) is 9.47. The molecule has 0 spiro atoms. The van der Waals surface area contributed by atoms with E-state index in [0.29, 0.717) is 0 Å². The molecule has 0 unspecified atom stereocenters. The average Bonchev–Trinajstić information content (AvgIpc) is 2.76. The van der Waals surface area contributed by atoms with Crippen molar-refractivity contribution in [1.82, 2.24) is 0 Å². The number of para-hydroxylation sites is 2. The smallest absolute Gasteiger partial charge is 0.195 e. The highest BCUT2D eigenvalue weighted by molar-refractivity contribution is 6.16. The molecule has 2 heteroatoms. The third-order valence-electron chi connectivity index (χ3n) is 5.27. The summed E-state index contributed by atoms with van der Waals surface area (Å²) >= 11 is 0. The highest BCUT2D eigenvalue weighted by Gasteiger charge is 2.28. The largest absolute Gasteiger partial charge is 0.310 e. The molecule has 0 aliphatic heterocycles. The van der Waals surface area contributed by atoms with Crippen LogP contribution < -0.4 is 4.90 Å². The van der Waals surface area contributed by atoms with E-state index >= 15 is 0 Å². The lowest BCUT2D eigenvalue weighted by atomic mass is 9.84. The lowest BCUT2D eigenvalue weighted by Gasteiger charge is -2.30. The fourth-order valence-electron chi connectivity index (χ4n) is 4.00. The van der Waals surface area contributed by atoms with Crippen LogP contribution in [0, 0.1) is 0 Å². The minimum Gasteiger partial charge on any atom is -0.310 e. The van der Waals surface area contributed by atoms with E-state index in [1.807, 2.05) is 66.7 Å². The fraction of sp³-hybridized carbons (Fsp3) is 0.0385. The predicted molar refractivity (Wildman–Crippen MR) is 114 cm³/mol. The normalized spacial score (nSPS) is 12.2. The first-order valence-electron chi connectivity index (χ1n) is 9.47. The van der Waals surface area contributed by atoms with Gasteiger partial charge < -0.3 is 4.90 Å². The molecule has 0 aromatic heterocycles. The fourth-order valence-corrected chi connectivity index (χ4v) is 4.00. The molecule has 0 fully saturated rings. The minimum atomic E-state index is 0.101. The van der Waals surface area contributed by atoms with Crippen molar-refractivity contribution in [2.45, 2.75) is 6.42 Å². The predicted octanol–water partition coefficient (Wildman–Crippen LogP) is 6.29. The molecule has 1 aliphatic carbocycles. The maximum absolute atomic E-state index is 13.5. The summed E-state index contributed by atoms with van der Waals surface area (Å²) in [6.07, 6.45) is 0.780. The number of hydrogen-bond donors (Lipinski definition) is 0. The van der Waals surface area contributed by atoms with Crippen LogP contribution in [-0.2, 0) is 6.42 Å². The van der Waals surface area contributed by atoms with Crippen molar-refractivity contribution in [1.29, 1.82) is 0 Å². The van der Waals surface area contributed by atoms with Crippen LogP contribution in [0.5, 0.6) is 0 Å².